The molecule has 0 bridgehead atoms. The van der Waals surface area contributed by atoms with Gasteiger partial charge >= 0.3 is 94.3 Å². The summed E-state index contributed by atoms with van der Waals surface area (Å²) in [6, 6.07) is 0. The lowest BCUT2D eigenvalue weighted by Gasteiger charge is -2.39. The van der Waals surface area contributed by atoms with E-state index in [1.165, 1.54) is 0 Å². The number of rotatable bonds is 2. The molecule has 30 heteroatoms. The van der Waals surface area contributed by atoms with Crippen LogP contribution in [0.5, 0.6) is 0 Å². The van der Waals surface area contributed by atoms with Crippen LogP contribution in [0, 0.1) is 0 Å². The Morgan fingerprint density at radius 3 is 0.478 bits per heavy atom. The number of halogens is 26. The Hall–Kier alpha value is -2.88. The first-order valence-electron chi connectivity index (χ1n) is 9.90. The van der Waals surface area contributed by atoms with E-state index in [-0.39, 0.29) is 0 Å². The van der Waals surface area contributed by atoms with Crippen molar-refractivity contribution >= 4 is 11.9 Å². The van der Waals surface area contributed by atoms with Crippen molar-refractivity contribution in [2.45, 2.75) is 82.4 Å². The van der Waals surface area contributed by atoms with Crippen molar-refractivity contribution in [2.24, 2.45) is 0 Å². The van der Waals surface area contributed by atoms with E-state index in [1.54, 1.807) is 9.78 Å². The molecule has 0 aromatic carbocycles. The average molecular weight is 750 g/mol. The lowest BCUT2D eigenvalue weighted by molar-refractivity contribution is -0.397. The SMILES string of the molecule is O=C(OOC(=O)C1(F)C(F)(F)C(F)(F)C(F)(F)C(F)(F)C(F)(F)C1(F)F)C1(F)C(F)(F)C(F)(F)C(F)(F)C(F)(F)C(F)(F)C1(F)F. The van der Waals surface area contributed by atoms with E-state index in [2.05, 4.69) is 0 Å². The van der Waals surface area contributed by atoms with Crippen molar-refractivity contribution < 1.29 is 134 Å². The highest BCUT2D eigenvalue weighted by Gasteiger charge is 3.05. The second kappa shape index (κ2) is 8.97. The van der Waals surface area contributed by atoms with Crippen LogP contribution in [0.3, 0.4) is 0 Å². The third kappa shape index (κ3) is 3.37. The molecular formula is C16F26O4. The minimum absolute atomic E-state index is 1.73. The van der Waals surface area contributed by atoms with Gasteiger partial charge in [-0.2, -0.15) is 105 Å². The fourth-order valence-electron chi connectivity index (χ4n) is 3.54. The highest BCUT2D eigenvalue weighted by atomic mass is 19.4. The van der Waals surface area contributed by atoms with Gasteiger partial charge in [0, 0.05) is 0 Å². The quantitative estimate of drug-likeness (QED) is 0.132. The molecule has 4 nitrogen and oxygen atoms in total. The summed E-state index contributed by atoms with van der Waals surface area (Å²) >= 11 is 0. The molecule has 0 aromatic rings. The molecule has 0 aromatic heterocycles. The van der Waals surface area contributed by atoms with E-state index >= 15 is 0 Å². The van der Waals surface area contributed by atoms with Gasteiger partial charge in [-0.1, -0.05) is 0 Å². The van der Waals surface area contributed by atoms with Crippen molar-refractivity contribution in [3.8, 4) is 0 Å². The largest absolute Gasteiger partial charge is 0.405 e. The maximum atomic E-state index is 14.6. The van der Waals surface area contributed by atoms with E-state index in [0.717, 1.165) is 0 Å². The summed E-state index contributed by atoms with van der Waals surface area (Å²) in [5, 5.41) is 0. The Labute approximate surface area is 229 Å². The molecule has 0 saturated heterocycles. The van der Waals surface area contributed by atoms with Crippen LogP contribution in [0.25, 0.3) is 0 Å². The molecule has 0 aliphatic heterocycles. The van der Waals surface area contributed by atoms with E-state index < -0.39 is 94.3 Å². The summed E-state index contributed by atoms with van der Waals surface area (Å²) in [7, 11) is 0. The van der Waals surface area contributed by atoms with Gasteiger partial charge in [-0.15, -0.1) is 0 Å². The van der Waals surface area contributed by atoms with Gasteiger partial charge in [0.05, 0.1) is 0 Å². The van der Waals surface area contributed by atoms with Crippen LogP contribution in [0.2, 0.25) is 0 Å². The topological polar surface area (TPSA) is 52.6 Å². The lowest BCUT2D eigenvalue weighted by Crippen LogP contribution is -2.73. The highest BCUT2D eigenvalue weighted by molar-refractivity contribution is 5.86. The van der Waals surface area contributed by atoms with Gasteiger partial charge in [0.15, 0.2) is 0 Å². The standard InChI is InChI=1S/C16F26O4/c17-3(5(19,20)9(27,28)13(35,36)14(37,38)10(29,30)6(3,21)22)1(43)45-46-2(44)4(18)7(23,24)11(31,32)15(39,40)16(41,42)12(33,34)8(4,25)26. The molecular weight excluding hydrogens is 750 g/mol. The number of carbonyl (C=O) groups excluding carboxylic acids is 2. The predicted molar refractivity (Wildman–Crippen MR) is 79.2 cm³/mol. The van der Waals surface area contributed by atoms with Crippen molar-refractivity contribution in [1.29, 1.82) is 0 Å². The Morgan fingerprint density at radius 1 is 0.239 bits per heavy atom. The molecule has 0 atom stereocenters. The molecule has 2 rings (SSSR count). The van der Waals surface area contributed by atoms with Gasteiger partial charge in [-0.3, -0.25) is 0 Å². The summed E-state index contributed by atoms with van der Waals surface area (Å²) < 4.78 is 357. The number of carbonyl (C=O) groups is 2. The van der Waals surface area contributed by atoms with E-state index in [0.29, 0.717) is 0 Å². The first kappa shape index (κ1) is 39.3. The Bertz CT molecular complexity index is 1120. The second-order valence-electron chi connectivity index (χ2n) is 8.95. The Morgan fingerprint density at radius 2 is 0.348 bits per heavy atom. The second-order valence-corrected chi connectivity index (χ2v) is 8.95. The predicted octanol–water partition coefficient (Wildman–Crippen LogP) is 7.06. The third-order valence-electron chi connectivity index (χ3n) is 6.43. The van der Waals surface area contributed by atoms with Crippen LogP contribution in [0.1, 0.15) is 0 Å². The van der Waals surface area contributed by atoms with E-state index in [4.69, 9.17) is 0 Å². The van der Waals surface area contributed by atoms with Gasteiger partial charge < -0.3 is 0 Å². The first-order valence-corrected chi connectivity index (χ1v) is 9.90. The minimum atomic E-state index is -8.84. The molecule has 0 radical (unpaired) electrons. The zero-order valence-corrected chi connectivity index (χ0v) is 19.5. The molecule has 2 fully saturated rings. The normalized spacial score (nSPS) is 32.1. The van der Waals surface area contributed by atoms with Crippen LogP contribution in [0.15, 0.2) is 0 Å². The van der Waals surface area contributed by atoms with E-state index in [1.807, 2.05) is 0 Å². The van der Waals surface area contributed by atoms with Gasteiger partial charge in [0.2, 0.25) is 0 Å². The van der Waals surface area contributed by atoms with Gasteiger partial charge in [-0.05, 0) is 0 Å². The zero-order valence-electron chi connectivity index (χ0n) is 19.5. The van der Waals surface area contributed by atoms with Gasteiger partial charge in [0.25, 0.3) is 0 Å². The van der Waals surface area contributed by atoms with E-state index in [9.17, 15) is 124 Å². The average Bonchev–Trinajstić information content (AvgIpc) is 2.88. The maximum absolute atomic E-state index is 14.6. The molecule has 0 spiro atoms. The monoisotopic (exact) mass is 750 g/mol. The fraction of sp³-hybridized carbons (Fsp3) is 0.875. The maximum Gasteiger partial charge on any atom is 0.405 e. The summed E-state index contributed by atoms with van der Waals surface area (Å²) in [5.41, 5.74) is -17.4. The lowest BCUT2D eigenvalue weighted by atomic mass is 9.85. The molecule has 270 valence electrons. The third-order valence-corrected chi connectivity index (χ3v) is 6.43. The molecule has 2 aliphatic rings. The van der Waals surface area contributed by atoms with Crippen LogP contribution in [-0.4, -0.2) is 94.3 Å². The van der Waals surface area contributed by atoms with Crippen molar-refractivity contribution in [1.82, 2.24) is 0 Å². The fourth-order valence-corrected chi connectivity index (χ4v) is 3.54. The van der Waals surface area contributed by atoms with Gasteiger partial charge in [0.1, 0.15) is 0 Å². The molecule has 0 N–H and O–H groups in total. The number of alkyl halides is 26. The molecule has 2 saturated carbocycles. The summed E-state index contributed by atoms with van der Waals surface area (Å²) in [4.78, 5) is 26.3. The molecule has 46 heavy (non-hydrogen) atoms. The van der Waals surface area contributed by atoms with Crippen LogP contribution in [-0.2, 0) is 19.4 Å². The number of hydrogen-bond acceptors (Lipinski definition) is 4. The number of hydrogen-bond donors (Lipinski definition) is 0. The minimum Gasteiger partial charge on any atom is -0.243 e. The highest BCUT2D eigenvalue weighted by Crippen LogP contribution is 2.71. The van der Waals surface area contributed by atoms with Gasteiger partial charge in [-0.25, -0.2) is 28.1 Å². The smallest absolute Gasteiger partial charge is 0.243 e. The van der Waals surface area contributed by atoms with Crippen molar-refractivity contribution in [2.75, 3.05) is 0 Å². The Balaban J connectivity index is 2.84. The first-order chi connectivity index (χ1) is 19.5. The zero-order chi connectivity index (χ0) is 37.6. The molecule has 0 amide bonds. The Kier molecular flexibility index (Phi) is 7.66. The van der Waals surface area contributed by atoms with Crippen LogP contribution in [0.4, 0.5) is 114 Å². The van der Waals surface area contributed by atoms with Crippen LogP contribution < -0.4 is 0 Å². The summed E-state index contributed by atoms with van der Waals surface area (Å²) in [6.07, 6.45) is 0. The molecule has 0 unspecified atom stereocenters. The van der Waals surface area contributed by atoms with Crippen LogP contribution >= 0.6 is 0 Å². The van der Waals surface area contributed by atoms with Crippen molar-refractivity contribution in [3.63, 3.8) is 0 Å². The summed E-state index contributed by atoms with van der Waals surface area (Å²) in [6.45, 7) is 0. The van der Waals surface area contributed by atoms with Crippen molar-refractivity contribution in [3.05, 3.63) is 0 Å². The molecule has 2 aliphatic carbocycles. The summed E-state index contributed by atoms with van der Waals surface area (Å²) in [5.74, 6) is -116. The molecule has 0 heterocycles.